The van der Waals surface area contributed by atoms with Crippen molar-refractivity contribution in [3.8, 4) is 11.5 Å². The average molecular weight is 465 g/mol. The Balaban J connectivity index is 1.34. The topological polar surface area (TPSA) is 113 Å². The van der Waals surface area contributed by atoms with Crippen molar-refractivity contribution in [2.24, 2.45) is 0 Å². The standard InChI is InChI=1S/C24H32O9/c25-19-20-5-1-3-7-22(20)32-17-15-30-13-11-28-9-10-29-12-14-31-16-18-33-23-8-4-2-6-21(23)24(26)27/h1-8,25H,9-19H2,(H,26,27). The summed E-state index contributed by atoms with van der Waals surface area (Å²) < 4.78 is 32.7. The Labute approximate surface area is 193 Å². The lowest BCUT2D eigenvalue weighted by Gasteiger charge is -2.10. The molecule has 2 rings (SSSR count). The maximum absolute atomic E-state index is 11.1. The summed E-state index contributed by atoms with van der Waals surface area (Å²) in [5, 5.41) is 18.3. The van der Waals surface area contributed by atoms with Crippen LogP contribution >= 0.6 is 0 Å². The molecular formula is C24H32O9. The number of ether oxygens (including phenoxy) is 6. The summed E-state index contributed by atoms with van der Waals surface area (Å²) in [5.74, 6) is -0.0364. The van der Waals surface area contributed by atoms with Gasteiger partial charge in [0.2, 0.25) is 0 Å². The minimum Gasteiger partial charge on any atom is -0.491 e. The van der Waals surface area contributed by atoms with Gasteiger partial charge in [0.1, 0.15) is 30.3 Å². The second-order valence-electron chi connectivity index (χ2n) is 6.71. The molecule has 0 fully saturated rings. The molecule has 9 nitrogen and oxygen atoms in total. The number of aromatic carboxylic acids is 1. The lowest BCUT2D eigenvalue weighted by atomic mass is 10.2. The van der Waals surface area contributed by atoms with Crippen LogP contribution in [0.4, 0.5) is 0 Å². The lowest BCUT2D eigenvalue weighted by Crippen LogP contribution is -2.15. The fourth-order valence-electron chi connectivity index (χ4n) is 2.73. The zero-order valence-corrected chi connectivity index (χ0v) is 18.6. The molecule has 0 atom stereocenters. The van der Waals surface area contributed by atoms with Crippen molar-refractivity contribution in [1.29, 1.82) is 0 Å². The number of rotatable bonds is 19. The van der Waals surface area contributed by atoms with E-state index in [1.54, 1.807) is 18.2 Å². The molecule has 0 amide bonds. The van der Waals surface area contributed by atoms with Gasteiger partial charge in [0.25, 0.3) is 0 Å². The predicted molar refractivity (Wildman–Crippen MR) is 120 cm³/mol. The van der Waals surface area contributed by atoms with Gasteiger partial charge in [-0.15, -0.1) is 0 Å². The van der Waals surface area contributed by atoms with Crippen LogP contribution in [0.5, 0.6) is 11.5 Å². The third-order valence-electron chi connectivity index (χ3n) is 4.35. The van der Waals surface area contributed by atoms with Crippen LogP contribution in [0.1, 0.15) is 15.9 Å². The molecule has 33 heavy (non-hydrogen) atoms. The van der Waals surface area contributed by atoms with Crippen LogP contribution in [0, 0.1) is 0 Å². The second-order valence-corrected chi connectivity index (χ2v) is 6.71. The largest absolute Gasteiger partial charge is 0.491 e. The molecule has 2 N–H and O–H groups in total. The zero-order valence-electron chi connectivity index (χ0n) is 18.6. The number of aliphatic hydroxyl groups is 1. The molecule has 9 heteroatoms. The number of aliphatic hydroxyl groups excluding tert-OH is 1. The third-order valence-corrected chi connectivity index (χ3v) is 4.35. The summed E-state index contributed by atoms with van der Waals surface area (Å²) in [6.45, 7) is 4.03. The molecule has 0 aliphatic carbocycles. The van der Waals surface area contributed by atoms with Gasteiger partial charge in [0.05, 0.1) is 59.5 Å². The van der Waals surface area contributed by atoms with Gasteiger partial charge in [-0.1, -0.05) is 30.3 Å². The number of carbonyl (C=O) groups is 1. The van der Waals surface area contributed by atoms with Crippen molar-refractivity contribution in [3.63, 3.8) is 0 Å². The Morgan fingerprint density at radius 1 is 0.606 bits per heavy atom. The van der Waals surface area contributed by atoms with Crippen LogP contribution in [0.2, 0.25) is 0 Å². The number of hydrogen-bond acceptors (Lipinski definition) is 8. The van der Waals surface area contributed by atoms with E-state index in [0.29, 0.717) is 71.0 Å². The second kappa shape index (κ2) is 16.9. The van der Waals surface area contributed by atoms with E-state index < -0.39 is 5.97 Å². The van der Waals surface area contributed by atoms with Crippen LogP contribution in [0.15, 0.2) is 48.5 Å². The molecule has 0 radical (unpaired) electrons. The third kappa shape index (κ3) is 11.1. The highest BCUT2D eigenvalue weighted by Gasteiger charge is 2.09. The SMILES string of the molecule is O=C(O)c1ccccc1OCCOCCOCCOCCOCCOc1ccccc1CO. The van der Waals surface area contributed by atoms with Gasteiger partial charge in [0.15, 0.2) is 0 Å². The fourth-order valence-corrected chi connectivity index (χ4v) is 2.73. The first-order valence-electron chi connectivity index (χ1n) is 10.8. The Morgan fingerprint density at radius 3 is 1.55 bits per heavy atom. The summed E-state index contributed by atoms with van der Waals surface area (Å²) in [6.07, 6.45) is 0. The van der Waals surface area contributed by atoms with Crippen molar-refractivity contribution in [1.82, 2.24) is 0 Å². The van der Waals surface area contributed by atoms with Crippen LogP contribution in [0.25, 0.3) is 0 Å². The van der Waals surface area contributed by atoms with E-state index >= 15 is 0 Å². The van der Waals surface area contributed by atoms with Gasteiger partial charge in [-0.25, -0.2) is 4.79 Å². The lowest BCUT2D eigenvalue weighted by molar-refractivity contribution is -0.00706. The minimum absolute atomic E-state index is 0.0584. The maximum atomic E-state index is 11.1. The monoisotopic (exact) mass is 464 g/mol. The molecular weight excluding hydrogens is 432 g/mol. The molecule has 0 aromatic heterocycles. The Bertz CT molecular complexity index is 797. The van der Waals surface area contributed by atoms with Gasteiger partial charge in [-0.2, -0.15) is 0 Å². The highest BCUT2D eigenvalue weighted by Crippen LogP contribution is 2.18. The minimum atomic E-state index is -1.02. The molecule has 182 valence electrons. The van der Waals surface area contributed by atoms with Crippen LogP contribution < -0.4 is 9.47 Å². The van der Waals surface area contributed by atoms with Crippen molar-refractivity contribution >= 4 is 5.97 Å². The molecule has 0 aliphatic rings. The highest BCUT2D eigenvalue weighted by atomic mass is 16.6. The number of carboxylic acids is 1. The van der Waals surface area contributed by atoms with E-state index in [4.69, 9.17) is 33.5 Å². The van der Waals surface area contributed by atoms with E-state index in [1.165, 1.54) is 6.07 Å². The summed E-state index contributed by atoms with van der Waals surface area (Å²) in [4.78, 5) is 11.1. The van der Waals surface area contributed by atoms with E-state index in [2.05, 4.69) is 0 Å². The summed E-state index contributed by atoms with van der Waals surface area (Å²) in [5.41, 5.74) is 0.879. The van der Waals surface area contributed by atoms with Gasteiger partial charge < -0.3 is 38.6 Å². The van der Waals surface area contributed by atoms with E-state index in [1.807, 2.05) is 24.3 Å². The van der Waals surface area contributed by atoms with Crippen LogP contribution in [-0.2, 0) is 25.6 Å². The van der Waals surface area contributed by atoms with Crippen LogP contribution in [-0.4, -0.2) is 82.3 Å². The molecule has 2 aromatic carbocycles. The fraction of sp³-hybridized carbons (Fsp3) is 0.458. The molecule has 0 heterocycles. The Hall–Kier alpha value is -2.69. The molecule has 0 bridgehead atoms. The van der Waals surface area contributed by atoms with E-state index in [-0.39, 0.29) is 18.8 Å². The smallest absolute Gasteiger partial charge is 0.339 e. The maximum Gasteiger partial charge on any atom is 0.339 e. The van der Waals surface area contributed by atoms with Gasteiger partial charge in [-0.05, 0) is 18.2 Å². The van der Waals surface area contributed by atoms with E-state index in [0.717, 1.165) is 5.56 Å². The van der Waals surface area contributed by atoms with Crippen molar-refractivity contribution in [2.75, 3.05) is 66.1 Å². The molecule has 0 aliphatic heterocycles. The first-order valence-corrected chi connectivity index (χ1v) is 10.8. The molecule has 2 aromatic rings. The van der Waals surface area contributed by atoms with Crippen molar-refractivity contribution in [3.05, 3.63) is 59.7 Å². The molecule has 0 saturated heterocycles. The number of benzene rings is 2. The highest BCUT2D eigenvalue weighted by molar-refractivity contribution is 5.90. The predicted octanol–water partition coefficient (Wildman–Crippen LogP) is 2.40. The number of hydrogen-bond donors (Lipinski definition) is 2. The molecule has 0 unspecified atom stereocenters. The first kappa shape index (κ1) is 26.6. The average Bonchev–Trinajstić information content (AvgIpc) is 2.84. The Morgan fingerprint density at radius 2 is 1.03 bits per heavy atom. The molecule has 0 spiro atoms. The van der Waals surface area contributed by atoms with E-state index in [9.17, 15) is 9.90 Å². The summed E-state index contributed by atoms with van der Waals surface area (Å²) in [6, 6.07) is 13.8. The summed E-state index contributed by atoms with van der Waals surface area (Å²) >= 11 is 0. The molecule has 0 saturated carbocycles. The summed E-state index contributed by atoms with van der Waals surface area (Å²) in [7, 11) is 0. The quantitative estimate of drug-likeness (QED) is 0.303. The van der Waals surface area contributed by atoms with Crippen molar-refractivity contribution < 1.29 is 43.4 Å². The first-order chi connectivity index (χ1) is 16.2. The normalized spacial score (nSPS) is 10.8. The van der Waals surface area contributed by atoms with Gasteiger partial charge in [-0.3, -0.25) is 0 Å². The Kier molecular flexibility index (Phi) is 13.6. The number of para-hydroxylation sites is 2. The van der Waals surface area contributed by atoms with Gasteiger partial charge in [0, 0.05) is 5.56 Å². The van der Waals surface area contributed by atoms with Gasteiger partial charge >= 0.3 is 5.97 Å². The zero-order chi connectivity index (χ0) is 23.6. The van der Waals surface area contributed by atoms with Crippen LogP contribution in [0.3, 0.4) is 0 Å². The number of carboxylic acid groups (broad SMARTS) is 1. The van der Waals surface area contributed by atoms with Crippen molar-refractivity contribution in [2.45, 2.75) is 6.61 Å².